The average Bonchev–Trinajstić information content (AvgIpc) is 3.40. The number of hydrazone groups is 1. The number of nitro benzene ring substituents is 1. The van der Waals surface area contributed by atoms with E-state index in [1.165, 1.54) is 12.1 Å². The van der Waals surface area contributed by atoms with Crippen molar-refractivity contribution in [1.29, 1.82) is 0 Å². The number of nitrogens with zero attached hydrogens (tertiary/aromatic N) is 3. The van der Waals surface area contributed by atoms with Gasteiger partial charge in [-0.3, -0.25) is 14.9 Å². The topological polar surface area (TPSA) is 110 Å². The van der Waals surface area contributed by atoms with Crippen molar-refractivity contribution in [3.63, 3.8) is 0 Å². The molecule has 0 saturated heterocycles. The summed E-state index contributed by atoms with van der Waals surface area (Å²) in [5, 5.41) is 25.9. The minimum Gasteiger partial charge on any atom is -0.388 e. The number of non-ortho nitro benzene ring substituents is 1. The fraction of sp³-hybridized carbons (Fsp3) is 0.0909. The summed E-state index contributed by atoms with van der Waals surface area (Å²) in [7, 11) is 0. The number of nitro groups is 1. The van der Waals surface area contributed by atoms with Crippen LogP contribution in [0.2, 0.25) is 0 Å². The number of aliphatic hydroxyl groups excluding tert-OH is 1. The Hall–Kier alpha value is -5.34. The van der Waals surface area contributed by atoms with Gasteiger partial charge in [0.25, 0.3) is 5.69 Å². The summed E-state index contributed by atoms with van der Waals surface area (Å²) < 4.78 is 2.04. The molecule has 0 aliphatic rings. The number of benzene rings is 4. The van der Waals surface area contributed by atoms with E-state index >= 15 is 0 Å². The van der Waals surface area contributed by atoms with Gasteiger partial charge in [0.1, 0.15) is 0 Å². The maximum absolute atomic E-state index is 12.5. The van der Waals surface area contributed by atoms with E-state index < -0.39 is 11.0 Å². The van der Waals surface area contributed by atoms with Crippen molar-refractivity contribution in [2.24, 2.45) is 5.10 Å². The van der Waals surface area contributed by atoms with Gasteiger partial charge in [0.05, 0.1) is 28.6 Å². The highest BCUT2D eigenvalue weighted by molar-refractivity contribution is 5.94. The molecule has 5 rings (SSSR count). The number of hydrogen-bond acceptors (Lipinski definition) is 5. The van der Waals surface area contributed by atoms with Crippen LogP contribution in [0.25, 0.3) is 28.2 Å². The van der Waals surface area contributed by atoms with Gasteiger partial charge < -0.3 is 9.67 Å². The molecule has 8 heteroatoms. The number of aliphatic hydroxyl groups is 1. The fourth-order valence-corrected chi connectivity index (χ4v) is 4.67. The molecule has 0 unspecified atom stereocenters. The molecule has 204 valence electrons. The van der Waals surface area contributed by atoms with Gasteiger partial charge >= 0.3 is 0 Å². The third-order valence-electron chi connectivity index (χ3n) is 6.69. The number of rotatable bonds is 10. The minimum absolute atomic E-state index is 0.00492. The molecule has 0 saturated carbocycles. The number of nitrogens with one attached hydrogen (secondary N) is 1. The molecule has 1 aromatic heterocycles. The van der Waals surface area contributed by atoms with Crippen LogP contribution in [0.3, 0.4) is 0 Å². The summed E-state index contributed by atoms with van der Waals surface area (Å²) in [5.74, 6) is -0.310. The van der Waals surface area contributed by atoms with Gasteiger partial charge in [-0.2, -0.15) is 5.10 Å². The Balaban J connectivity index is 1.48. The normalized spacial score (nSPS) is 11.8. The van der Waals surface area contributed by atoms with Gasteiger partial charge in [0, 0.05) is 29.8 Å². The Bertz CT molecular complexity index is 1650. The van der Waals surface area contributed by atoms with Crippen LogP contribution in [0.4, 0.5) is 5.69 Å². The molecule has 4 aromatic carbocycles. The summed E-state index contributed by atoms with van der Waals surface area (Å²) in [6, 6.07) is 37.2. The second kappa shape index (κ2) is 12.7. The molecule has 41 heavy (non-hydrogen) atoms. The van der Waals surface area contributed by atoms with Crippen LogP contribution in [0.15, 0.2) is 126 Å². The van der Waals surface area contributed by atoms with Crippen LogP contribution in [-0.4, -0.2) is 26.7 Å². The molecule has 0 fully saturated rings. The first-order chi connectivity index (χ1) is 20.0. The van der Waals surface area contributed by atoms with Crippen LogP contribution in [0.1, 0.15) is 30.1 Å². The lowest BCUT2D eigenvalue weighted by Crippen LogP contribution is -2.18. The van der Waals surface area contributed by atoms with Crippen molar-refractivity contribution in [3.05, 3.63) is 143 Å². The van der Waals surface area contributed by atoms with Gasteiger partial charge in [-0.15, -0.1) is 0 Å². The molecule has 0 spiro atoms. The molecular formula is C33H28N4O4. The molecule has 1 atom stereocenters. The molecule has 1 amide bonds. The summed E-state index contributed by atoms with van der Waals surface area (Å²) in [6.45, 7) is 0. The van der Waals surface area contributed by atoms with Crippen molar-refractivity contribution in [1.82, 2.24) is 9.99 Å². The van der Waals surface area contributed by atoms with E-state index in [-0.39, 0.29) is 24.4 Å². The van der Waals surface area contributed by atoms with Crippen LogP contribution in [-0.2, 0) is 4.79 Å². The molecular weight excluding hydrogens is 516 g/mol. The Labute approximate surface area is 237 Å². The largest absolute Gasteiger partial charge is 0.388 e. The highest BCUT2D eigenvalue weighted by atomic mass is 16.6. The quantitative estimate of drug-likeness (QED) is 0.116. The number of carbonyl (C=O) groups is 1. The molecule has 0 bridgehead atoms. The number of carbonyl (C=O) groups excluding carboxylic acids is 1. The lowest BCUT2D eigenvalue weighted by Gasteiger charge is -2.15. The predicted octanol–water partition coefficient (Wildman–Crippen LogP) is 6.68. The zero-order chi connectivity index (χ0) is 28.6. The first-order valence-corrected chi connectivity index (χ1v) is 13.2. The maximum Gasteiger partial charge on any atom is 0.269 e. The Morgan fingerprint density at radius 1 is 0.878 bits per heavy atom. The summed E-state index contributed by atoms with van der Waals surface area (Å²) in [5.41, 5.74) is 8.37. The molecule has 0 aliphatic heterocycles. The smallest absolute Gasteiger partial charge is 0.269 e. The second-order valence-electron chi connectivity index (χ2n) is 9.43. The molecule has 0 aliphatic carbocycles. The second-order valence-corrected chi connectivity index (χ2v) is 9.43. The van der Waals surface area contributed by atoms with E-state index in [4.69, 9.17) is 0 Å². The Morgan fingerprint density at radius 2 is 1.46 bits per heavy atom. The van der Waals surface area contributed by atoms with E-state index in [0.717, 1.165) is 39.3 Å². The van der Waals surface area contributed by atoms with E-state index in [0.29, 0.717) is 0 Å². The monoisotopic (exact) mass is 544 g/mol. The molecule has 8 nitrogen and oxygen atoms in total. The maximum atomic E-state index is 12.5. The van der Waals surface area contributed by atoms with E-state index in [1.807, 2.05) is 102 Å². The van der Waals surface area contributed by atoms with Crippen molar-refractivity contribution >= 4 is 17.8 Å². The van der Waals surface area contributed by atoms with Crippen molar-refractivity contribution in [2.45, 2.75) is 18.9 Å². The molecule has 5 aromatic rings. The first kappa shape index (κ1) is 27.2. The standard InChI is InChI=1S/C33H28N4O4/c38-31(25-12-6-2-7-13-25)20-21-32(39)35-34-23-27-22-30(24-10-4-1-5-11-24)36(33(27)26-14-8-3-9-15-26)28-16-18-29(19-17-28)37(40)41/h1-19,22-23,31,38H,20-21H2,(H,35,39)/b34-23-/t31-/m0/s1. The zero-order valence-electron chi connectivity index (χ0n) is 22.1. The SMILES string of the molecule is O=C(CC[C@H](O)c1ccccc1)N/N=C\c1cc(-c2ccccc2)n(-c2ccc([N+](=O)[O-])cc2)c1-c1ccccc1. The summed E-state index contributed by atoms with van der Waals surface area (Å²) in [6.07, 6.45) is 1.25. The minimum atomic E-state index is -0.736. The van der Waals surface area contributed by atoms with Crippen molar-refractivity contribution < 1.29 is 14.8 Å². The Morgan fingerprint density at radius 3 is 2.07 bits per heavy atom. The first-order valence-electron chi connectivity index (χ1n) is 13.2. The van der Waals surface area contributed by atoms with Crippen molar-refractivity contribution in [2.75, 3.05) is 0 Å². The number of aromatic nitrogens is 1. The third-order valence-corrected chi connectivity index (χ3v) is 6.69. The van der Waals surface area contributed by atoms with Gasteiger partial charge in [-0.1, -0.05) is 91.0 Å². The van der Waals surface area contributed by atoms with Gasteiger partial charge in [0.2, 0.25) is 5.91 Å². The van der Waals surface area contributed by atoms with Crippen LogP contribution in [0.5, 0.6) is 0 Å². The molecule has 2 N–H and O–H groups in total. The molecule has 1 heterocycles. The lowest BCUT2D eigenvalue weighted by molar-refractivity contribution is -0.384. The fourth-order valence-electron chi connectivity index (χ4n) is 4.67. The van der Waals surface area contributed by atoms with E-state index in [2.05, 4.69) is 10.5 Å². The van der Waals surface area contributed by atoms with Crippen molar-refractivity contribution in [3.8, 4) is 28.2 Å². The Kier molecular flexibility index (Phi) is 8.42. The van der Waals surface area contributed by atoms with Crippen LogP contribution < -0.4 is 5.43 Å². The number of amides is 1. The average molecular weight is 545 g/mol. The van der Waals surface area contributed by atoms with Gasteiger partial charge in [-0.05, 0) is 41.3 Å². The van der Waals surface area contributed by atoms with E-state index in [9.17, 15) is 20.0 Å². The number of hydrogen-bond donors (Lipinski definition) is 2. The summed E-state index contributed by atoms with van der Waals surface area (Å²) in [4.78, 5) is 23.4. The van der Waals surface area contributed by atoms with Gasteiger partial charge in [0.15, 0.2) is 0 Å². The van der Waals surface area contributed by atoms with Crippen LogP contribution in [0, 0.1) is 10.1 Å². The zero-order valence-corrected chi connectivity index (χ0v) is 22.1. The highest BCUT2D eigenvalue weighted by Gasteiger charge is 2.19. The predicted molar refractivity (Wildman–Crippen MR) is 160 cm³/mol. The highest BCUT2D eigenvalue weighted by Crippen LogP contribution is 2.35. The van der Waals surface area contributed by atoms with E-state index in [1.54, 1.807) is 18.3 Å². The van der Waals surface area contributed by atoms with Gasteiger partial charge in [-0.25, -0.2) is 5.43 Å². The lowest BCUT2D eigenvalue weighted by atomic mass is 10.1. The molecule has 0 radical (unpaired) electrons. The summed E-state index contributed by atoms with van der Waals surface area (Å²) >= 11 is 0. The van der Waals surface area contributed by atoms with Crippen LogP contribution >= 0.6 is 0 Å². The third kappa shape index (κ3) is 6.46.